The van der Waals surface area contributed by atoms with Crippen LogP contribution in [-0.4, -0.2) is 36.8 Å². The Morgan fingerprint density at radius 2 is 1.72 bits per heavy atom. The number of sulfonamides is 1. The number of aromatic hydroxyl groups is 1. The molecule has 6 nitrogen and oxygen atoms in total. The number of anilines is 1. The first kappa shape index (κ1) is 17.4. The smallest absolute Gasteiger partial charge is 0.255 e. The summed E-state index contributed by atoms with van der Waals surface area (Å²) in [4.78, 5) is 12.5. The van der Waals surface area contributed by atoms with Gasteiger partial charge in [-0.15, -0.1) is 0 Å². The van der Waals surface area contributed by atoms with Gasteiger partial charge in [-0.3, -0.25) is 4.79 Å². The molecule has 0 spiro atoms. The van der Waals surface area contributed by atoms with Crippen molar-refractivity contribution in [3.8, 4) is 5.75 Å². The quantitative estimate of drug-likeness (QED) is 0.821. The predicted molar refractivity (Wildman–Crippen MR) is 95.1 cm³/mol. The number of amides is 1. The zero-order chi connectivity index (χ0) is 17.9. The lowest BCUT2D eigenvalue weighted by Crippen LogP contribution is -2.35. The minimum absolute atomic E-state index is 0.0482. The fraction of sp³-hybridized carbons (Fsp3) is 0.278. The van der Waals surface area contributed by atoms with Crippen LogP contribution in [0.5, 0.6) is 5.75 Å². The van der Waals surface area contributed by atoms with Gasteiger partial charge in [0.1, 0.15) is 5.75 Å². The van der Waals surface area contributed by atoms with Gasteiger partial charge in [0.25, 0.3) is 5.91 Å². The van der Waals surface area contributed by atoms with Crippen LogP contribution >= 0.6 is 0 Å². The van der Waals surface area contributed by atoms with E-state index in [2.05, 4.69) is 5.32 Å². The molecule has 0 unspecified atom stereocenters. The van der Waals surface area contributed by atoms with Gasteiger partial charge in [0.05, 0.1) is 10.6 Å². The van der Waals surface area contributed by atoms with Gasteiger partial charge in [-0.2, -0.15) is 4.31 Å². The number of carbonyl (C=O) groups excluding carboxylic acids is 1. The largest absolute Gasteiger partial charge is 0.506 e. The lowest BCUT2D eigenvalue weighted by atomic mass is 10.2. The molecule has 1 aliphatic rings. The molecule has 132 valence electrons. The summed E-state index contributed by atoms with van der Waals surface area (Å²) >= 11 is 0. The fourth-order valence-electron chi connectivity index (χ4n) is 2.83. The summed E-state index contributed by atoms with van der Waals surface area (Å²) in [6.07, 6.45) is 2.74. The van der Waals surface area contributed by atoms with Crippen LogP contribution < -0.4 is 5.32 Å². The summed E-state index contributed by atoms with van der Waals surface area (Å²) in [7, 11) is -3.60. The van der Waals surface area contributed by atoms with Gasteiger partial charge in [-0.25, -0.2) is 8.42 Å². The van der Waals surface area contributed by atoms with Gasteiger partial charge in [-0.05, 0) is 43.2 Å². The minimum atomic E-state index is -3.60. The van der Waals surface area contributed by atoms with Crippen molar-refractivity contribution < 1.29 is 18.3 Å². The van der Waals surface area contributed by atoms with E-state index in [1.165, 1.54) is 22.5 Å². The second kappa shape index (κ2) is 7.25. The first-order chi connectivity index (χ1) is 12.0. The summed E-state index contributed by atoms with van der Waals surface area (Å²) in [5.41, 5.74) is 0.498. The number of benzene rings is 2. The number of carbonyl (C=O) groups is 1. The standard InChI is InChI=1S/C18H20N2O4S/c21-17-10-3-2-9-16(17)19-18(22)14-7-6-8-15(13-14)25(23,24)20-11-4-1-5-12-20/h2-3,6-10,13,21H,1,4-5,11-12H2,(H,19,22). The molecule has 0 aromatic heterocycles. The SMILES string of the molecule is O=C(Nc1ccccc1O)c1cccc(S(=O)(=O)N2CCCCC2)c1. The van der Waals surface area contributed by atoms with Gasteiger partial charge in [0.2, 0.25) is 10.0 Å². The van der Waals surface area contributed by atoms with E-state index in [0.29, 0.717) is 13.1 Å². The summed E-state index contributed by atoms with van der Waals surface area (Å²) in [5, 5.41) is 12.3. The van der Waals surface area contributed by atoms with Crippen LogP contribution in [-0.2, 0) is 10.0 Å². The third kappa shape index (κ3) is 3.83. The van der Waals surface area contributed by atoms with E-state index in [0.717, 1.165) is 19.3 Å². The number of hydrogen-bond acceptors (Lipinski definition) is 4. The molecule has 2 N–H and O–H groups in total. The number of piperidine rings is 1. The highest BCUT2D eigenvalue weighted by Crippen LogP contribution is 2.24. The molecule has 1 saturated heterocycles. The van der Waals surface area contributed by atoms with Crippen LogP contribution in [0.15, 0.2) is 53.4 Å². The van der Waals surface area contributed by atoms with E-state index in [-0.39, 0.29) is 21.9 Å². The summed E-state index contributed by atoms with van der Waals surface area (Å²) < 4.78 is 26.9. The van der Waals surface area contributed by atoms with Crippen LogP contribution in [0.4, 0.5) is 5.69 Å². The molecule has 1 aliphatic heterocycles. The zero-order valence-corrected chi connectivity index (χ0v) is 14.5. The molecule has 7 heteroatoms. The molecule has 1 heterocycles. The van der Waals surface area contributed by atoms with E-state index >= 15 is 0 Å². The molecule has 0 aliphatic carbocycles. The van der Waals surface area contributed by atoms with Crippen molar-refractivity contribution >= 4 is 21.6 Å². The Morgan fingerprint density at radius 1 is 1.00 bits per heavy atom. The van der Waals surface area contributed by atoms with Gasteiger partial charge in [0.15, 0.2) is 0 Å². The summed E-state index contributed by atoms with van der Waals surface area (Å²) in [6, 6.07) is 12.3. The van der Waals surface area contributed by atoms with Crippen LogP contribution in [0, 0.1) is 0 Å². The molecule has 2 aromatic rings. The van der Waals surface area contributed by atoms with E-state index in [1.54, 1.807) is 30.3 Å². The summed E-state index contributed by atoms with van der Waals surface area (Å²) in [5.74, 6) is -0.523. The molecular weight excluding hydrogens is 340 g/mol. The van der Waals surface area contributed by atoms with Crippen molar-refractivity contribution in [2.24, 2.45) is 0 Å². The molecular formula is C18H20N2O4S. The van der Waals surface area contributed by atoms with E-state index in [4.69, 9.17) is 0 Å². The van der Waals surface area contributed by atoms with E-state index in [1.807, 2.05) is 0 Å². The number of rotatable bonds is 4. The number of nitrogens with zero attached hydrogens (tertiary/aromatic N) is 1. The molecule has 25 heavy (non-hydrogen) atoms. The maximum absolute atomic E-state index is 12.7. The van der Waals surface area contributed by atoms with Crippen molar-refractivity contribution in [2.45, 2.75) is 24.2 Å². The zero-order valence-electron chi connectivity index (χ0n) is 13.7. The first-order valence-corrected chi connectivity index (χ1v) is 9.62. The normalized spacial score (nSPS) is 15.7. The minimum Gasteiger partial charge on any atom is -0.506 e. The highest BCUT2D eigenvalue weighted by Gasteiger charge is 2.26. The number of hydrogen-bond donors (Lipinski definition) is 2. The Kier molecular flexibility index (Phi) is 5.06. The topological polar surface area (TPSA) is 86.7 Å². The molecule has 0 saturated carbocycles. The van der Waals surface area contributed by atoms with Gasteiger partial charge in [-0.1, -0.05) is 24.6 Å². The highest BCUT2D eigenvalue weighted by atomic mass is 32.2. The highest BCUT2D eigenvalue weighted by molar-refractivity contribution is 7.89. The molecule has 2 aromatic carbocycles. The lowest BCUT2D eigenvalue weighted by molar-refractivity contribution is 0.102. The lowest BCUT2D eigenvalue weighted by Gasteiger charge is -2.26. The van der Waals surface area contributed by atoms with Crippen LogP contribution in [0.1, 0.15) is 29.6 Å². The molecule has 1 amide bonds. The van der Waals surface area contributed by atoms with Gasteiger partial charge < -0.3 is 10.4 Å². The fourth-order valence-corrected chi connectivity index (χ4v) is 4.39. The van der Waals surface area contributed by atoms with Gasteiger partial charge in [0, 0.05) is 18.7 Å². The van der Waals surface area contributed by atoms with E-state index < -0.39 is 15.9 Å². The maximum Gasteiger partial charge on any atom is 0.255 e. The van der Waals surface area contributed by atoms with Crippen molar-refractivity contribution in [1.29, 1.82) is 0 Å². The van der Waals surface area contributed by atoms with E-state index in [9.17, 15) is 18.3 Å². The van der Waals surface area contributed by atoms with Gasteiger partial charge >= 0.3 is 0 Å². The molecule has 3 rings (SSSR count). The number of para-hydroxylation sites is 2. The Balaban J connectivity index is 1.83. The van der Waals surface area contributed by atoms with Crippen LogP contribution in [0.3, 0.4) is 0 Å². The number of phenolic OH excluding ortho intramolecular Hbond substituents is 1. The maximum atomic E-state index is 12.7. The third-order valence-corrected chi connectivity index (χ3v) is 6.10. The van der Waals surface area contributed by atoms with Crippen LogP contribution in [0.25, 0.3) is 0 Å². The Bertz CT molecular complexity index is 874. The van der Waals surface area contributed by atoms with Crippen molar-refractivity contribution in [1.82, 2.24) is 4.31 Å². The number of nitrogens with one attached hydrogen (secondary N) is 1. The molecule has 0 bridgehead atoms. The Labute approximate surface area is 147 Å². The third-order valence-electron chi connectivity index (χ3n) is 4.20. The molecule has 0 atom stereocenters. The van der Waals surface area contributed by atoms with Crippen molar-refractivity contribution in [3.63, 3.8) is 0 Å². The first-order valence-electron chi connectivity index (χ1n) is 8.18. The average molecular weight is 360 g/mol. The monoisotopic (exact) mass is 360 g/mol. The summed E-state index contributed by atoms with van der Waals surface area (Å²) in [6.45, 7) is 1.02. The second-order valence-corrected chi connectivity index (χ2v) is 7.90. The molecule has 0 radical (unpaired) electrons. The Hall–Kier alpha value is -2.38. The number of phenols is 1. The van der Waals surface area contributed by atoms with Crippen LogP contribution in [0.2, 0.25) is 0 Å². The van der Waals surface area contributed by atoms with Crippen molar-refractivity contribution in [2.75, 3.05) is 18.4 Å². The second-order valence-electron chi connectivity index (χ2n) is 5.96. The molecule has 1 fully saturated rings. The Morgan fingerprint density at radius 3 is 2.44 bits per heavy atom. The van der Waals surface area contributed by atoms with Crippen molar-refractivity contribution in [3.05, 3.63) is 54.1 Å². The average Bonchev–Trinajstić information content (AvgIpc) is 2.64. The predicted octanol–water partition coefficient (Wildman–Crippen LogP) is 2.82.